The molecule has 128 valence electrons. The first-order valence-electron chi connectivity index (χ1n) is 8.26. The number of hydrogen-bond acceptors (Lipinski definition) is 3. The van der Waals surface area contributed by atoms with E-state index in [2.05, 4.69) is 24.5 Å². The highest BCUT2D eigenvalue weighted by atomic mass is 16.1. The second-order valence-electron chi connectivity index (χ2n) is 6.36. The van der Waals surface area contributed by atoms with Gasteiger partial charge in [-0.3, -0.25) is 4.79 Å². The van der Waals surface area contributed by atoms with E-state index in [9.17, 15) is 10.1 Å². The number of aryl methyl sites for hydroxylation is 2. The van der Waals surface area contributed by atoms with Crippen molar-refractivity contribution in [3.63, 3.8) is 0 Å². The Morgan fingerprint density at radius 1 is 1.12 bits per heavy atom. The van der Waals surface area contributed by atoms with Crippen molar-refractivity contribution in [2.75, 3.05) is 10.6 Å². The number of rotatable bonds is 5. The first-order chi connectivity index (χ1) is 11.9. The highest BCUT2D eigenvalue weighted by molar-refractivity contribution is 6.07. The van der Waals surface area contributed by atoms with Crippen molar-refractivity contribution in [1.82, 2.24) is 0 Å². The van der Waals surface area contributed by atoms with Crippen molar-refractivity contribution >= 4 is 17.3 Å². The molecule has 0 fully saturated rings. The van der Waals surface area contributed by atoms with E-state index in [4.69, 9.17) is 0 Å². The Bertz CT molecular complexity index is 827. The molecule has 0 aromatic heterocycles. The monoisotopic (exact) mass is 333 g/mol. The molecule has 0 saturated carbocycles. The van der Waals surface area contributed by atoms with Gasteiger partial charge in [0.05, 0.1) is 0 Å². The lowest BCUT2D eigenvalue weighted by atomic mass is 10.0. The summed E-state index contributed by atoms with van der Waals surface area (Å²) in [5.74, 6) is 0.0311. The van der Waals surface area contributed by atoms with E-state index in [1.54, 1.807) is 0 Å². The largest absolute Gasteiger partial charge is 0.360 e. The molecule has 0 aliphatic carbocycles. The number of benzene rings is 2. The molecule has 0 aliphatic heterocycles. The normalized spacial score (nSPS) is 11.1. The van der Waals surface area contributed by atoms with Crippen LogP contribution in [0.2, 0.25) is 0 Å². The Morgan fingerprint density at radius 3 is 2.36 bits per heavy atom. The number of anilines is 2. The number of nitrogens with one attached hydrogen (secondary N) is 2. The number of hydrogen-bond donors (Lipinski definition) is 2. The molecule has 0 saturated heterocycles. The maximum absolute atomic E-state index is 12.3. The fraction of sp³-hybridized carbons (Fsp3) is 0.238. The third-order valence-electron chi connectivity index (χ3n) is 3.96. The third-order valence-corrected chi connectivity index (χ3v) is 3.96. The van der Waals surface area contributed by atoms with E-state index in [-0.39, 0.29) is 5.57 Å². The number of nitrogens with zero attached hydrogens (tertiary/aromatic N) is 1. The molecule has 4 nitrogen and oxygen atoms in total. The SMILES string of the molecule is Cc1ccc(NC(=O)/C(C#N)=C\Nc2ccc(C(C)C)cc2)c(C)c1. The van der Waals surface area contributed by atoms with Crippen molar-refractivity contribution < 1.29 is 4.79 Å². The van der Waals surface area contributed by atoms with E-state index in [1.807, 2.05) is 62.4 Å². The van der Waals surface area contributed by atoms with E-state index in [0.29, 0.717) is 11.6 Å². The lowest BCUT2D eigenvalue weighted by Gasteiger charge is -2.09. The number of amides is 1. The Morgan fingerprint density at radius 2 is 1.80 bits per heavy atom. The van der Waals surface area contributed by atoms with E-state index in [1.165, 1.54) is 11.8 Å². The first-order valence-corrected chi connectivity index (χ1v) is 8.26. The summed E-state index contributed by atoms with van der Waals surface area (Å²) < 4.78 is 0. The standard InChI is InChI=1S/C21H23N3O/c1-14(2)17-6-8-19(9-7-17)23-13-18(12-22)21(25)24-20-10-5-15(3)11-16(20)4/h5-11,13-14,23H,1-4H3,(H,24,25)/b18-13-. The van der Waals surface area contributed by atoms with Gasteiger partial charge in [-0.15, -0.1) is 0 Å². The molecular formula is C21H23N3O. The van der Waals surface area contributed by atoms with Gasteiger partial charge in [0.15, 0.2) is 0 Å². The quantitative estimate of drug-likeness (QED) is 0.605. The van der Waals surface area contributed by atoms with Crippen LogP contribution in [0.25, 0.3) is 0 Å². The van der Waals surface area contributed by atoms with Crippen LogP contribution in [-0.2, 0) is 4.79 Å². The maximum Gasteiger partial charge on any atom is 0.267 e. The highest BCUT2D eigenvalue weighted by Gasteiger charge is 2.10. The molecule has 2 aromatic carbocycles. The predicted octanol–water partition coefficient (Wildman–Crippen LogP) is 4.88. The zero-order valence-corrected chi connectivity index (χ0v) is 15.1. The van der Waals surface area contributed by atoms with E-state index < -0.39 is 5.91 Å². The molecule has 2 N–H and O–H groups in total. The molecule has 0 radical (unpaired) electrons. The predicted molar refractivity (Wildman–Crippen MR) is 102 cm³/mol. The summed E-state index contributed by atoms with van der Waals surface area (Å²) in [4.78, 5) is 12.3. The lowest BCUT2D eigenvalue weighted by molar-refractivity contribution is -0.112. The Hall–Kier alpha value is -3.06. The molecule has 25 heavy (non-hydrogen) atoms. The summed E-state index contributed by atoms with van der Waals surface area (Å²) in [6.07, 6.45) is 1.43. The molecule has 0 heterocycles. The van der Waals surface area contributed by atoms with E-state index >= 15 is 0 Å². The van der Waals surface area contributed by atoms with E-state index in [0.717, 1.165) is 16.8 Å². The topological polar surface area (TPSA) is 64.9 Å². The number of nitriles is 1. The first kappa shape index (κ1) is 18.3. The Kier molecular flexibility index (Phi) is 5.97. The molecule has 2 aromatic rings. The second kappa shape index (κ2) is 8.16. The minimum Gasteiger partial charge on any atom is -0.360 e. The summed E-state index contributed by atoms with van der Waals surface area (Å²) in [7, 11) is 0. The van der Waals surface area contributed by atoms with Crippen LogP contribution in [0.15, 0.2) is 54.2 Å². The molecular weight excluding hydrogens is 310 g/mol. The number of carbonyl (C=O) groups is 1. The van der Waals surface area contributed by atoms with Gasteiger partial charge in [0.25, 0.3) is 5.91 Å². The molecule has 4 heteroatoms. The molecule has 0 unspecified atom stereocenters. The van der Waals surface area contributed by atoms with Gasteiger partial charge < -0.3 is 10.6 Å². The van der Waals surface area contributed by atoms with Crippen molar-refractivity contribution in [1.29, 1.82) is 5.26 Å². The second-order valence-corrected chi connectivity index (χ2v) is 6.36. The molecule has 2 rings (SSSR count). The molecule has 0 spiro atoms. The zero-order chi connectivity index (χ0) is 18.4. The van der Waals surface area contributed by atoms with Crippen LogP contribution < -0.4 is 10.6 Å². The molecule has 0 bridgehead atoms. The van der Waals surface area contributed by atoms with Crippen LogP contribution in [0.3, 0.4) is 0 Å². The average molecular weight is 333 g/mol. The Labute approximate surface area is 149 Å². The highest BCUT2D eigenvalue weighted by Crippen LogP contribution is 2.18. The minimum absolute atomic E-state index is 0.0212. The molecule has 1 amide bonds. The Balaban J connectivity index is 2.08. The van der Waals surface area contributed by atoms with Crippen LogP contribution in [0.4, 0.5) is 11.4 Å². The molecule has 0 aliphatic rings. The fourth-order valence-corrected chi connectivity index (χ4v) is 2.41. The van der Waals surface area contributed by atoms with Crippen molar-refractivity contribution in [2.45, 2.75) is 33.6 Å². The minimum atomic E-state index is -0.430. The van der Waals surface area contributed by atoms with Crippen molar-refractivity contribution in [3.05, 3.63) is 70.9 Å². The zero-order valence-electron chi connectivity index (χ0n) is 15.1. The van der Waals surface area contributed by atoms with Gasteiger partial charge in [0.2, 0.25) is 0 Å². The van der Waals surface area contributed by atoms with Crippen LogP contribution in [0.1, 0.15) is 36.5 Å². The van der Waals surface area contributed by atoms with Crippen LogP contribution in [0.5, 0.6) is 0 Å². The van der Waals surface area contributed by atoms with Gasteiger partial charge in [-0.25, -0.2) is 0 Å². The summed E-state index contributed by atoms with van der Waals surface area (Å²) in [6.45, 7) is 8.18. The average Bonchev–Trinajstić information content (AvgIpc) is 2.58. The van der Waals surface area contributed by atoms with Gasteiger partial charge in [-0.2, -0.15) is 5.26 Å². The van der Waals surface area contributed by atoms with Crippen LogP contribution in [-0.4, -0.2) is 5.91 Å². The van der Waals surface area contributed by atoms with Crippen molar-refractivity contribution in [3.8, 4) is 6.07 Å². The van der Waals surface area contributed by atoms with Gasteiger partial charge in [-0.1, -0.05) is 43.7 Å². The number of carbonyl (C=O) groups excluding carboxylic acids is 1. The lowest BCUT2D eigenvalue weighted by Crippen LogP contribution is -2.15. The summed E-state index contributed by atoms with van der Waals surface area (Å²) >= 11 is 0. The van der Waals surface area contributed by atoms with Crippen molar-refractivity contribution in [2.24, 2.45) is 0 Å². The van der Waals surface area contributed by atoms with Gasteiger partial charge >= 0.3 is 0 Å². The van der Waals surface area contributed by atoms with Gasteiger partial charge in [0, 0.05) is 17.6 Å². The maximum atomic E-state index is 12.3. The third kappa shape index (κ3) is 4.95. The summed E-state index contributed by atoms with van der Waals surface area (Å²) in [6, 6.07) is 15.6. The molecule has 0 atom stereocenters. The van der Waals surface area contributed by atoms with Gasteiger partial charge in [-0.05, 0) is 49.1 Å². The van der Waals surface area contributed by atoms with Crippen LogP contribution in [0, 0.1) is 25.2 Å². The van der Waals surface area contributed by atoms with Crippen LogP contribution >= 0.6 is 0 Å². The fourth-order valence-electron chi connectivity index (χ4n) is 2.41. The smallest absolute Gasteiger partial charge is 0.267 e. The summed E-state index contributed by atoms with van der Waals surface area (Å²) in [5.41, 5.74) is 4.88. The van der Waals surface area contributed by atoms with Gasteiger partial charge in [0.1, 0.15) is 11.6 Å². The summed E-state index contributed by atoms with van der Waals surface area (Å²) in [5, 5.41) is 15.0.